The van der Waals surface area contributed by atoms with Crippen molar-refractivity contribution in [2.45, 2.75) is 13.5 Å². The predicted molar refractivity (Wildman–Crippen MR) is 76.6 cm³/mol. The second-order valence-corrected chi connectivity index (χ2v) is 4.31. The average Bonchev–Trinajstić information content (AvgIpc) is 2.50. The van der Waals surface area contributed by atoms with Crippen LogP contribution in [0.4, 0.5) is 4.39 Å². The van der Waals surface area contributed by atoms with Crippen molar-refractivity contribution in [3.63, 3.8) is 0 Å². The summed E-state index contributed by atoms with van der Waals surface area (Å²) in [5.74, 6) is -0.401. The summed E-state index contributed by atoms with van der Waals surface area (Å²) in [5, 5.41) is 2.63. The lowest BCUT2D eigenvalue weighted by Gasteiger charge is -2.09. The van der Waals surface area contributed by atoms with E-state index < -0.39 is 5.82 Å². The maximum atomic E-state index is 13.8. The second kappa shape index (κ2) is 6.81. The smallest absolute Gasteiger partial charge is 0.270 e. The van der Waals surface area contributed by atoms with Crippen LogP contribution in [-0.4, -0.2) is 17.4 Å². The summed E-state index contributed by atoms with van der Waals surface area (Å²) in [6, 6.07) is 7.52. The minimum Gasteiger partial charge on any atom is -0.454 e. The van der Waals surface area contributed by atoms with E-state index in [0.29, 0.717) is 17.9 Å². The third kappa shape index (κ3) is 3.76. The van der Waals surface area contributed by atoms with E-state index in [2.05, 4.69) is 10.3 Å². The Morgan fingerprint density at radius 3 is 2.86 bits per heavy atom. The van der Waals surface area contributed by atoms with E-state index in [4.69, 9.17) is 10.5 Å². The third-order valence-electron chi connectivity index (χ3n) is 2.76. The summed E-state index contributed by atoms with van der Waals surface area (Å²) < 4.78 is 19.3. The highest BCUT2D eigenvalue weighted by molar-refractivity contribution is 5.92. The molecular formula is C15H16FN3O2. The monoisotopic (exact) mass is 289 g/mol. The normalized spacial score (nSPS) is 10.2. The zero-order valence-corrected chi connectivity index (χ0v) is 11.6. The van der Waals surface area contributed by atoms with Crippen LogP contribution in [0.2, 0.25) is 0 Å². The first-order valence-electron chi connectivity index (χ1n) is 6.54. The first kappa shape index (κ1) is 14.9. The highest BCUT2D eigenvalue weighted by Gasteiger charge is 2.10. The van der Waals surface area contributed by atoms with Gasteiger partial charge in [0.05, 0.1) is 0 Å². The number of carbonyl (C=O) groups is 1. The van der Waals surface area contributed by atoms with Crippen molar-refractivity contribution in [1.82, 2.24) is 10.3 Å². The molecule has 0 spiro atoms. The minimum absolute atomic E-state index is 0.0697. The van der Waals surface area contributed by atoms with E-state index in [1.54, 1.807) is 12.1 Å². The van der Waals surface area contributed by atoms with Gasteiger partial charge in [-0.25, -0.2) is 4.39 Å². The maximum Gasteiger partial charge on any atom is 0.270 e. The van der Waals surface area contributed by atoms with Crippen molar-refractivity contribution < 1.29 is 13.9 Å². The van der Waals surface area contributed by atoms with Crippen LogP contribution < -0.4 is 15.8 Å². The van der Waals surface area contributed by atoms with Gasteiger partial charge in [-0.1, -0.05) is 6.07 Å². The summed E-state index contributed by atoms with van der Waals surface area (Å²) in [4.78, 5) is 15.6. The molecule has 21 heavy (non-hydrogen) atoms. The Labute approximate surface area is 121 Å². The Kier molecular flexibility index (Phi) is 4.84. The molecule has 1 aromatic heterocycles. The molecule has 0 fully saturated rings. The van der Waals surface area contributed by atoms with Gasteiger partial charge in [-0.05, 0) is 30.7 Å². The Balaban J connectivity index is 2.20. The molecule has 0 radical (unpaired) electrons. The van der Waals surface area contributed by atoms with Crippen LogP contribution in [0.3, 0.4) is 0 Å². The van der Waals surface area contributed by atoms with Gasteiger partial charge >= 0.3 is 0 Å². The standard InChI is InChI=1S/C15H16FN3O2/c1-2-18-15(20)13-8-11(5-6-19-13)21-14-4-3-10(9-17)7-12(14)16/h3-8H,2,9,17H2,1H3,(H,18,20). The molecule has 0 saturated heterocycles. The number of nitrogens with zero attached hydrogens (tertiary/aromatic N) is 1. The summed E-state index contributed by atoms with van der Waals surface area (Å²) in [7, 11) is 0. The Bertz CT molecular complexity index is 647. The SMILES string of the molecule is CCNC(=O)c1cc(Oc2ccc(CN)cc2F)ccn1. The highest BCUT2D eigenvalue weighted by Crippen LogP contribution is 2.25. The largest absolute Gasteiger partial charge is 0.454 e. The lowest BCUT2D eigenvalue weighted by Crippen LogP contribution is -2.23. The van der Waals surface area contributed by atoms with Crippen LogP contribution >= 0.6 is 0 Å². The number of rotatable bonds is 5. The van der Waals surface area contributed by atoms with Gasteiger partial charge in [0.1, 0.15) is 11.4 Å². The van der Waals surface area contributed by atoms with E-state index in [-0.39, 0.29) is 23.9 Å². The molecule has 1 amide bonds. The van der Waals surface area contributed by atoms with Crippen LogP contribution in [0.25, 0.3) is 0 Å². The number of carbonyl (C=O) groups excluding carboxylic acids is 1. The van der Waals surface area contributed by atoms with E-state index >= 15 is 0 Å². The fourth-order valence-electron chi connectivity index (χ4n) is 1.73. The van der Waals surface area contributed by atoms with Crippen molar-refractivity contribution in [3.8, 4) is 11.5 Å². The minimum atomic E-state index is -0.505. The van der Waals surface area contributed by atoms with Gasteiger partial charge in [0, 0.05) is 25.4 Å². The van der Waals surface area contributed by atoms with Gasteiger partial charge in [0.2, 0.25) is 0 Å². The molecule has 2 aromatic rings. The molecule has 5 nitrogen and oxygen atoms in total. The predicted octanol–water partition coefficient (Wildman–Crippen LogP) is 2.22. The molecule has 0 aliphatic carbocycles. The lowest BCUT2D eigenvalue weighted by molar-refractivity contribution is 0.0950. The van der Waals surface area contributed by atoms with Gasteiger partial charge in [0.25, 0.3) is 5.91 Å². The molecule has 110 valence electrons. The van der Waals surface area contributed by atoms with Crippen molar-refractivity contribution in [2.75, 3.05) is 6.54 Å². The number of pyridine rings is 1. The number of hydrogen-bond donors (Lipinski definition) is 2. The number of nitrogens with two attached hydrogens (primary N) is 1. The molecule has 0 bridgehead atoms. The first-order valence-corrected chi connectivity index (χ1v) is 6.54. The number of benzene rings is 1. The average molecular weight is 289 g/mol. The quantitative estimate of drug-likeness (QED) is 0.884. The van der Waals surface area contributed by atoms with Gasteiger partial charge in [-0.2, -0.15) is 0 Å². The molecule has 1 heterocycles. The fraction of sp³-hybridized carbons (Fsp3) is 0.200. The molecule has 0 aliphatic heterocycles. The van der Waals surface area contributed by atoms with Crippen molar-refractivity contribution in [1.29, 1.82) is 0 Å². The van der Waals surface area contributed by atoms with E-state index in [9.17, 15) is 9.18 Å². The molecular weight excluding hydrogens is 273 g/mol. The maximum absolute atomic E-state index is 13.8. The van der Waals surface area contributed by atoms with Crippen molar-refractivity contribution in [3.05, 3.63) is 53.6 Å². The van der Waals surface area contributed by atoms with E-state index in [0.717, 1.165) is 0 Å². The molecule has 0 saturated carbocycles. The van der Waals surface area contributed by atoms with Crippen LogP contribution in [0.1, 0.15) is 23.0 Å². The van der Waals surface area contributed by atoms with Crippen LogP contribution in [0, 0.1) is 5.82 Å². The number of hydrogen-bond acceptors (Lipinski definition) is 4. The molecule has 2 rings (SSSR count). The van der Waals surface area contributed by atoms with Gasteiger partial charge in [-0.15, -0.1) is 0 Å². The highest BCUT2D eigenvalue weighted by atomic mass is 19.1. The van der Waals surface area contributed by atoms with Crippen LogP contribution in [-0.2, 0) is 6.54 Å². The Hall–Kier alpha value is -2.47. The van der Waals surface area contributed by atoms with Crippen molar-refractivity contribution >= 4 is 5.91 Å². The van der Waals surface area contributed by atoms with Crippen LogP contribution in [0.5, 0.6) is 11.5 Å². The molecule has 0 atom stereocenters. The van der Waals surface area contributed by atoms with Gasteiger partial charge in [0.15, 0.2) is 11.6 Å². The molecule has 0 aliphatic rings. The molecule has 6 heteroatoms. The molecule has 3 N–H and O–H groups in total. The second-order valence-electron chi connectivity index (χ2n) is 4.31. The van der Waals surface area contributed by atoms with E-state index in [1.165, 1.54) is 24.4 Å². The number of aromatic nitrogens is 1. The summed E-state index contributed by atoms with van der Waals surface area (Å²) in [6.07, 6.45) is 1.44. The van der Waals surface area contributed by atoms with Crippen molar-refractivity contribution in [2.24, 2.45) is 5.73 Å². The summed E-state index contributed by atoms with van der Waals surface area (Å²) in [5.41, 5.74) is 6.34. The summed E-state index contributed by atoms with van der Waals surface area (Å²) in [6.45, 7) is 2.57. The topological polar surface area (TPSA) is 77.2 Å². The molecule has 1 aromatic carbocycles. The molecule has 0 unspecified atom stereocenters. The van der Waals surface area contributed by atoms with Crippen LogP contribution in [0.15, 0.2) is 36.5 Å². The Morgan fingerprint density at radius 1 is 1.38 bits per heavy atom. The third-order valence-corrected chi connectivity index (χ3v) is 2.76. The number of halogens is 1. The van der Waals surface area contributed by atoms with Gasteiger partial charge < -0.3 is 15.8 Å². The number of nitrogens with one attached hydrogen (secondary N) is 1. The van der Waals surface area contributed by atoms with E-state index in [1.807, 2.05) is 6.92 Å². The number of amides is 1. The summed E-state index contributed by atoms with van der Waals surface area (Å²) >= 11 is 0. The lowest BCUT2D eigenvalue weighted by atomic mass is 10.2. The number of ether oxygens (including phenoxy) is 1. The zero-order valence-electron chi connectivity index (χ0n) is 11.6. The fourth-order valence-corrected chi connectivity index (χ4v) is 1.73. The first-order chi connectivity index (χ1) is 10.1. The van der Waals surface area contributed by atoms with Gasteiger partial charge in [-0.3, -0.25) is 9.78 Å². The zero-order chi connectivity index (χ0) is 15.2. The Morgan fingerprint density at radius 2 is 2.19 bits per heavy atom.